The van der Waals surface area contributed by atoms with Crippen molar-refractivity contribution in [2.24, 2.45) is 5.92 Å². The van der Waals surface area contributed by atoms with Crippen LogP contribution in [0.4, 0.5) is 5.69 Å². The summed E-state index contributed by atoms with van der Waals surface area (Å²) in [7, 11) is 0. The molecule has 1 aliphatic heterocycles. The lowest BCUT2D eigenvalue weighted by atomic mass is 9.97. The lowest BCUT2D eigenvalue weighted by Crippen LogP contribution is -2.45. The molecule has 0 bridgehead atoms. The highest BCUT2D eigenvalue weighted by molar-refractivity contribution is 6.30. The van der Waals surface area contributed by atoms with E-state index in [0.29, 0.717) is 23.9 Å². The van der Waals surface area contributed by atoms with E-state index in [1.54, 1.807) is 23.1 Å². The average molecular weight is 387 g/mol. The summed E-state index contributed by atoms with van der Waals surface area (Å²) in [5, 5.41) is 3.55. The molecule has 0 spiro atoms. The highest BCUT2D eigenvalue weighted by Gasteiger charge is 2.28. The molecule has 1 heterocycles. The van der Waals surface area contributed by atoms with Gasteiger partial charge in [0, 0.05) is 23.8 Å². The smallest absolute Gasteiger partial charge is 0.260 e. The molecule has 0 radical (unpaired) electrons. The summed E-state index contributed by atoms with van der Waals surface area (Å²) >= 11 is 5.94. The predicted octanol–water partition coefficient (Wildman–Crippen LogP) is 3.90. The van der Waals surface area contributed by atoms with Crippen molar-refractivity contribution in [3.8, 4) is 5.75 Å². The van der Waals surface area contributed by atoms with Gasteiger partial charge in [-0.1, -0.05) is 29.8 Å². The number of ether oxygens (including phenoxy) is 1. The monoisotopic (exact) mass is 386 g/mol. The third-order valence-corrected chi connectivity index (χ3v) is 4.91. The summed E-state index contributed by atoms with van der Waals surface area (Å²) in [4.78, 5) is 26.7. The number of nitrogens with zero attached hydrogens (tertiary/aromatic N) is 1. The molecule has 1 aliphatic rings. The number of hydrogen-bond donors (Lipinski definition) is 1. The number of halogens is 1. The molecule has 2 aromatic rings. The minimum Gasteiger partial charge on any atom is -0.483 e. The van der Waals surface area contributed by atoms with Crippen molar-refractivity contribution in [1.82, 2.24) is 4.90 Å². The molecule has 0 unspecified atom stereocenters. The van der Waals surface area contributed by atoms with Crippen LogP contribution in [0.15, 0.2) is 48.5 Å². The molecule has 2 aromatic carbocycles. The number of para-hydroxylation sites is 1. The zero-order chi connectivity index (χ0) is 19.2. The van der Waals surface area contributed by atoms with Gasteiger partial charge in [0.15, 0.2) is 6.61 Å². The van der Waals surface area contributed by atoms with Crippen molar-refractivity contribution in [2.45, 2.75) is 19.8 Å². The van der Waals surface area contributed by atoms with Crippen molar-refractivity contribution in [1.29, 1.82) is 0 Å². The predicted molar refractivity (Wildman–Crippen MR) is 106 cm³/mol. The number of rotatable bonds is 5. The molecule has 27 heavy (non-hydrogen) atoms. The number of nitrogens with one attached hydrogen (secondary N) is 1. The first-order valence-electron chi connectivity index (χ1n) is 9.05. The Morgan fingerprint density at radius 3 is 2.74 bits per heavy atom. The fraction of sp³-hybridized carbons (Fsp3) is 0.333. The Morgan fingerprint density at radius 2 is 2.00 bits per heavy atom. The number of anilines is 1. The Hall–Kier alpha value is -2.53. The number of likely N-dealkylation sites (tertiary alicyclic amines) is 1. The summed E-state index contributed by atoms with van der Waals surface area (Å²) in [5.74, 6) is 0.276. The van der Waals surface area contributed by atoms with Gasteiger partial charge in [0.05, 0.1) is 5.92 Å². The van der Waals surface area contributed by atoms with Gasteiger partial charge in [-0.05, 0) is 55.7 Å². The summed E-state index contributed by atoms with van der Waals surface area (Å²) in [5.41, 5.74) is 1.65. The van der Waals surface area contributed by atoms with Crippen molar-refractivity contribution in [3.63, 3.8) is 0 Å². The Labute approximate surface area is 164 Å². The molecule has 1 saturated heterocycles. The number of piperidine rings is 1. The van der Waals surface area contributed by atoms with Crippen molar-refractivity contribution < 1.29 is 14.3 Å². The van der Waals surface area contributed by atoms with Crippen LogP contribution in [-0.4, -0.2) is 36.4 Å². The zero-order valence-corrected chi connectivity index (χ0v) is 16.0. The van der Waals surface area contributed by atoms with Crippen LogP contribution in [0, 0.1) is 12.8 Å². The first-order valence-corrected chi connectivity index (χ1v) is 9.43. The van der Waals surface area contributed by atoms with Gasteiger partial charge >= 0.3 is 0 Å². The summed E-state index contributed by atoms with van der Waals surface area (Å²) in [6.07, 6.45) is 1.58. The standard InChI is InChI=1S/C21H23ClN2O3/c1-15-12-17(22)9-10-19(15)27-14-20(25)24-11-5-6-16(13-24)21(26)23-18-7-3-2-4-8-18/h2-4,7-10,12,16H,5-6,11,13-14H2,1H3,(H,23,26)/t16-/m0/s1. The molecule has 1 fully saturated rings. The number of benzene rings is 2. The highest BCUT2D eigenvalue weighted by Crippen LogP contribution is 2.23. The second-order valence-corrected chi connectivity index (χ2v) is 7.17. The van der Waals surface area contributed by atoms with Crippen LogP contribution in [0.3, 0.4) is 0 Å². The Kier molecular flexibility index (Phi) is 6.35. The Morgan fingerprint density at radius 1 is 1.22 bits per heavy atom. The molecule has 2 amide bonds. The molecule has 0 aromatic heterocycles. The van der Waals surface area contributed by atoms with E-state index in [2.05, 4.69) is 5.32 Å². The maximum absolute atomic E-state index is 12.5. The first-order chi connectivity index (χ1) is 13.0. The molecule has 0 aliphatic carbocycles. The van der Waals surface area contributed by atoms with Crippen LogP contribution >= 0.6 is 11.6 Å². The van der Waals surface area contributed by atoms with Gasteiger partial charge in [-0.2, -0.15) is 0 Å². The molecular formula is C21H23ClN2O3. The Bertz CT molecular complexity index is 810. The lowest BCUT2D eigenvalue weighted by Gasteiger charge is -2.32. The highest BCUT2D eigenvalue weighted by atomic mass is 35.5. The van der Waals surface area contributed by atoms with E-state index in [0.717, 1.165) is 24.1 Å². The second-order valence-electron chi connectivity index (χ2n) is 6.73. The first kappa shape index (κ1) is 19.2. The summed E-state index contributed by atoms with van der Waals surface area (Å²) < 4.78 is 5.65. The molecule has 5 nitrogen and oxygen atoms in total. The SMILES string of the molecule is Cc1cc(Cl)ccc1OCC(=O)N1CCC[C@H](C(=O)Nc2ccccc2)C1. The molecule has 1 atom stereocenters. The zero-order valence-electron chi connectivity index (χ0n) is 15.3. The number of hydrogen-bond acceptors (Lipinski definition) is 3. The largest absolute Gasteiger partial charge is 0.483 e. The van der Waals surface area contributed by atoms with Crippen LogP contribution in [0.5, 0.6) is 5.75 Å². The van der Waals surface area contributed by atoms with Crippen molar-refractivity contribution in [2.75, 3.05) is 25.0 Å². The number of carbonyl (C=O) groups is 2. The maximum Gasteiger partial charge on any atom is 0.260 e. The molecule has 0 saturated carbocycles. The summed E-state index contributed by atoms with van der Waals surface area (Å²) in [6, 6.07) is 14.7. The van der Waals surface area contributed by atoms with Crippen LogP contribution in [0.2, 0.25) is 5.02 Å². The molecule has 3 rings (SSSR count). The van der Waals surface area contributed by atoms with Crippen molar-refractivity contribution in [3.05, 3.63) is 59.1 Å². The van der Waals surface area contributed by atoms with Gasteiger partial charge in [-0.25, -0.2) is 0 Å². The van der Waals surface area contributed by atoms with Crippen LogP contribution in [0.25, 0.3) is 0 Å². The number of amides is 2. The number of carbonyl (C=O) groups excluding carboxylic acids is 2. The van der Waals surface area contributed by atoms with E-state index in [4.69, 9.17) is 16.3 Å². The topological polar surface area (TPSA) is 58.6 Å². The van der Waals surface area contributed by atoms with Gasteiger partial charge in [0.2, 0.25) is 5.91 Å². The van der Waals surface area contributed by atoms with Crippen LogP contribution in [-0.2, 0) is 9.59 Å². The third kappa shape index (κ3) is 5.23. The number of aryl methyl sites for hydroxylation is 1. The van der Waals surface area contributed by atoms with E-state index >= 15 is 0 Å². The normalized spacial score (nSPS) is 16.7. The Balaban J connectivity index is 1.53. The van der Waals surface area contributed by atoms with E-state index < -0.39 is 0 Å². The van der Waals surface area contributed by atoms with Gasteiger partial charge in [0.1, 0.15) is 5.75 Å². The van der Waals surface area contributed by atoms with Gasteiger partial charge in [-0.3, -0.25) is 9.59 Å². The lowest BCUT2D eigenvalue weighted by molar-refractivity contribution is -0.136. The van der Waals surface area contributed by atoms with E-state index in [1.807, 2.05) is 37.3 Å². The molecule has 142 valence electrons. The third-order valence-electron chi connectivity index (χ3n) is 4.67. The fourth-order valence-corrected chi connectivity index (χ4v) is 3.42. The van der Waals surface area contributed by atoms with E-state index in [9.17, 15) is 9.59 Å². The van der Waals surface area contributed by atoms with E-state index in [1.165, 1.54) is 0 Å². The molecule has 1 N–H and O–H groups in total. The minimum atomic E-state index is -0.208. The molecular weight excluding hydrogens is 364 g/mol. The van der Waals surface area contributed by atoms with Gasteiger partial charge in [-0.15, -0.1) is 0 Å². The van der Waals surface area contributed by atoms with Crippen molar-refractivity contribution >= 4 is 29.1 Å². The average Bonchev–Trinajstić information content (AvgIpc) is 2.68. The maximum atomic E-state index is 12.5. The van der Waals surface area contributed by atoms with E-state index in [-0.39, 0.29) is 24.3 Å². The quantitative estimate of drug-likeness (QED) is 0.847. The minimum absolute atomic E-state index is 0.0461. The summed E-state index contributed by atoms with van der Waals surface area (Å²) in [6.45, 7) is 2.91. The second kappa shape index (κ2) is 8.91. The van der Waals surface area contributed by atoms with Crippen LogP contribution < -0.4 is 10.1 Å². The van der Waals surface area contributed by atoms with Gasteiger partial charge < -0.3 is 15.0 Å². The van der Waals surface area contributed by atoms with Gasteiger partial charge in [0.25, 0.3) is 5.91 Å². The van der Waals surface area contributed by atoms with Crippen LogP contribution in [0.1, 0.15) is 18.4 Å². The fourth-order valence-electron chi connectivity index (χ4n) is 3.19. The molecule has 6 heteroatoms.